The molecule has 5 nitrogen and oxygen atoms in total. The number of carbonyl (C=O) groups is 1. The van der Waals surface area contributed by atoms with E-state index in [1.165, 1.54) is 70.6 Å². The van der Waals surface area contributed by atoms with E-state index in [1.54, 1.807) is 6.08 Å². The third-order valence-corrected chi connectivity index (χ3v) is 5.26. The molecule has 0 fully saturated rings. The van der Waals surface area contributed by atoms with Crippen LogP contribution in [-0.2, 0) is 14.8 Å². The summed E-state index contributed by atoms with van der Waals surface area (Å²) >= 11 is 0. The minimum Gasteiger partial charge on any atom is -0.549 e. The van der Waals surface area contributed by atoms with E-state index < -0.39 is 22.5 Å². The molecule has 0 aliphatic heterocycles. The van der Waals surface area contributed by atoms with Crippen LogP contribution in [0.15, 0.2) is 11.5 Å². The molecule has 0 aromatic heterocycles. The van der Waals surface area contributed by atoms with Crippen LogP contribution in [0.5, 0.6) is 0 Å². The number of rotatable bonds is 18. The Kier molecular flexibility index (Phi) is 21.7. The number of carboxylic acid groups (broad SMARTS) is 1. The second-order valence-corrected chi connectivity index (χ2v) is 8.29. The zero-order valence-electron chi connectivity index (χ0n) is 16.8. The van der Waals surface area contributed by atoms with E-state index in [0.717, 1.165) is 18.2 Å². The van der Waals surface area contributed by atoms with Crippen molar-refractivity contribution in [2.45, 2.75) is 96.8 Å². The molecule has 26 heavy (non-hydrogen) atoms. The summed E-state index contributed by atoms with van der Waals surface area (Å²) < 4.78 is 24.7. The van der Waals surface area contributed by atoms with Crippen molar-refractivity contribution in [3.05, 3.63) is 11.5 Å². The molecule has 0 atom stereocenters. The van der Waals surface area contributed by atoms with Gasteiger partial charge in [0.05, 0.1) is 12.5 Å². The van der Waals surface area contributed by atoms with Crippen LogP contribution in [-0.4, -0.2) is 20.9 Å². The van der Waals surface area contributed by atoms with E-state index >= 15 is 0 Å². The molecular formula is C19H36NNaO4S. The van der Waals surface area contributed by atoms with Crippen LogP contribution in [0.2, 0.25) is 0 Å². The Labute approximate surface area is 182 Å². The first-order valence-corrected chi connectivity index (χ1v) is 11.4. The fourth-order valence-corrected chi connectivity index (χ4v) is 3.49. The first-order chi connectivity index (χ1) is 12.0. The Balaban J connectivity index is 0. The zero-order chi connectivity index (χ0) is 18.8. The number of aliphatic carboxylic acids is 1. The number of hydrogen-bond donors (Lipinski definition) is 1. The van der Waals surface area contributed by atoms with Gasteiger partial charge in [-0.25, -0.2) is 13.1 Å². The average Bonchev–Trinajstić information content (AvgIpc) is 2.56. The van der Waals surface area contributed by atoms with Crippen molar-refractivity contribution in [1.82, 2.24) is 4.72 Å². The quantitative estimate of drug-likeness (QED) is 0.272. The minimum atomic E-state index is -3.65. The summed E-state index contributed by atoms with van der Waals surface area (Å²) in [5.41, 5.74) is 0. The number of sulfonamides is 1. The van der Waals surface area contributed by atoms with Gasteiger partial charge in [0.25, 0.3) is 0 Å². The van der Waals surface area contributed by atoms with Crippen LogP contribution >= 0.6 is 0 Å². The fourth-order valence-electron chi connectivity index (χ4n) is 2.68. The van der Waals surface area contributed by atoms with Gasteiger partial charge >= 0.3 is 29.6 Å². The van der Waals surface area contributed by atoms with Crippen molar-refractivity contribution in [2.24, 2.45) is 0 Å². The number of allylic oxidation sites excluding steroid dienone is 1. The molecule has 0 aliphatic rings. The standard InChI is InChI=1S/C19H37NO4S.Na/c1-2-3-4-5-6-7-8-9-10-11-12-13-14-15-16-17-25(23,24)20-18-19(21)22;/h16-17,20H,2-15,18H2,1H3,(H,21,22);/q;+1/p-1/b17-16+;. The van der Waals surface area contributed by atoms with E-state index in [2.05, 4.69) is 6.92 Å². The van der Waals surface area contributed by atoms with Gasteiger partial charge in [-0.2, -0.15) is 0 Å². The van der Waals surface area contributed by atoms with Gasteiger partial charge in [0.15, 0.2) is 0 Å². The smallest absolute Gasteiger partial charge is 0.549 e. The Hall–Kier alpha value is 0.120. The van der Waals surface area contributed by atoms with E-state index in [-0.39, 0.29) is 29.6 Å². The molecule has 0 spiro atoms. The molecule has 148 valence electrons. The molecule has 0 bridgehead atoms. The molecule has 1 N–H and O–H groups in total. The third kappa shape index (κ3) is 22.2. The predicted molar refractivity (Wildman–Crippen MR) is 101 cm³/mol. The monoisotopic (exact) mass is 397 g/mol. The second kappa shape index (κ2) is 19.9. The maximum Gasteiger partial charge on any atom is 1.00 e. The van der Waals surface area contributed by atoms with Crippen LogP contribution in [0, 0.1) is 0 Å². The predicted octanol–water partition coefficient (Wildman–Crippen LogP) is 0.655. The first kappa shape index (κ1) is 28.3. The van der Waals surface area contributed by atoms with Crippen molar-refractivity contribution in [3.8, 4) is 0 Å². The summed E-state index contributed by atoms with van der Waals surface area (Å²) in [6.07, 6.45) is 19.0. The summed E-state index contributed by atoms with van der Waals surface area (Å²) in [5, 5.41) is 11.2. The van der Waals surface area contributed by atoms with E-state index in [0.29, 0.717) is 6.42 Å². The number of carboxylic acids is 1. The Morgan fingerprint density at radius 1 is 0.846 bits per heavy atom. The molecule has 0 saturated carbocycles. The molecule has 0 saturated heterocycles. The molecule has 0 heterocycles. The Morgan fingerprint density at radius 2 is 1.27 bits per heavy atom. The second-order valence-electron chi connectivity index (χ2n) is 6.64. The summed E-state index contributed by atoms with van der Waals surface area (Å²) in [4.78, 5) is 10.2. The Bertz CT molecular complexity index is 452. The van der Waals surface area contributed by atoms with E-state index in [4.69, 9.17) is 0 Å². The molecule has 0 aromatic carbocycles. The van der Waals surface area contributed by atoms with Crippen molar-refractivity contribution < 1.29 is 47.9 Å². The number of carbonyl (C=O) groups excluding carboxylic acids is 1. The zero-order valence-corrected chi connectivity index (χ0v) is 19.6. The van der Waals surface area contributed by atoms with Crippen molar-refractivity contribution in [3.63, 3.8) is 0 Å². The van der Waals surface area contributed by atoms with Gasteiger partial charge in [-0.15, -0.1) is 0 Å². The van der Waals surface area contributed by atoms with Gasteiger partial charge in [-0.3, -0.25) is 0 Å². The number of nitrogens with one attached hydrogen (secondary N) is 1. The van der Waals surface area contributed by atoms with Crippen LogP contribution in [0.1, 0.15) is 96.8 Å². The van der Waals surface area contributed by atoms with Gasteiger partial charge in [-0.05, 0) is 12.8 Å². The Morgan fingerprint density at radius 3 is 1.69 bits per heavy atom. The van der Waals surface area contributed by atoms with Gasteiger partial charge < -0.3 is 9.90 Å². The normalized spacial score (nSPS) is 11.6. The van der Waals surface area contributed by atoms with E-state index in [9.17, 15) is 18.3 Å². The number of hydrogen-bond acceptors (Lipinski definition) is 4. The molecule has 0 aromatic rings. The van der Waals surface area contributed by atoms with Crippen LogP contribution in [0.25, 0.3) is 0 Å². The maximum absolute atomic E-state index is 11.4. The molecule has 0 amide bonds. The molecule has 7 heteroatoms. The van der Waals surface area contributed by atoms with Crippen molar-refractivity contribution in [1.29, 1.82) is 0 Å². The van der Waals surface area contributed by atoms with Crippen molar-refractivity contribution >= 4 is 16.0 Å². The van der Waals surface area contributed by atoms with Crippen LogP contribution in [0.3, 0.4) is 0 Å². The average molecular weight is 398 g/mol. The van der Waals surface area contributed by atoms with Gasteiger partial charge in [0.2, 0.25) is 10.0 Å². The topological polar surface area (TPSA) is 86.3 Å². The molecule has 0 aliphatic carbocycles. The summed E-state index contributed by atoms with van der Waals surface area (Å²) in [5.74, 6) is -1.44. The summed E-state index contributed by atoms with van der Waals surface area (Å²) in [7, 11) is -3.65. The first-order valence-electron chi connectivity index (χ1n) is 9.84. The fraction of sp³-hybridized carbons (Fsp3) is 0.842. The maximum atomic E-state index is 11.4. The minimum absolute atomic E-state index is 0. The van der Waals surface area contributed by atoms with Crippen LogP contribution < -0.4 is 39.4 Å². The largest absolute Gasteiger partial charge is 1.00 e. The third-order valence-electron chi connectivity index (χ3n) is 4.17. The van der Waals surface area contributed by atoms with Gasteiger partial charge in [-0.1, -0.05) is 90.0 Å². The summed E-state index contributed by atoms with van der Waals surface area (Å²) in [6.45, 7) is 1.56. The molecule has 0 rings (SSSR count). The molecule has 0 unspecified atom stereocenters. The van der Waals surface area contributed by atoms with Gasteiger partial charge in [0, 0.05) is 5.41 Å². The summed E-state index contributed by atoms with van der Waals surface area (Å²) in [6, 6.07) is 0. The van der Waals surface area contributed by atoms with E-state index in [1.807, 2.05) is 4.72 Å². The van der Waals surface area contributed by atoms with Crippen molar-refractivity contribution in [2.75, 3.05) is 6.54 Å². The van der Waals surface area contributed by atoms with Crippen LogP contribution in [0.4, 0.5) is 0 Å². The molecule has 0 radical (unpaired) electrons. The van der Waals surface area contributed by atoms with Gasteiger partial charge in [0.1, 0.15) is 0 Å². The molecular weight excluding hydrogens is 361 g/mol. The SMILES string of the molecule is CCCCCCCCCCCCCCC/C=C/S(=O)(=O)NCC(=O)[O-].[Na+]. The number of unbranched alkanes of at least 4 members (excludes halogenated alkanes) is 13.